The molecule has 3 aromatic rings. The average Bonchev–Trinajstić information content (AvgIpc) is 3.37. The predicted molar refractivity (Wildman–Crippen MR) is 105 cm³/mol. The van der Waals surface area contributed by atoms with Crippen LogP contribution in [0.3, 0.4) is 0 Å². The summed E-state index contributed by atoms with van der Waals surface area (Å²) in [5.41, 5.74) is 2.94. The Bertz CT molecular complexity index is 1120. The zero-order chi connectivity index (χ0) is 19.7. The summed E-state index contributed by atoms with van der Waals surface area (Å²) < 4.78 is 32.5. The number of carbonyl (C=O) groups excluding carboxylic acids is 1. The molecule has 0 aliphatic heterocycles. The molecule has 4 rings (SSSR count). The number of amides is 1. The molecule has 2 N–H and O–H groups in total. The molecule has 146 valence electrons. The van der Waals surface area contributed by atoms with Gasteiger partial charge in [0.2, 0.25) is 15.9 Å². The molecule has 1 heterocycles. The normalized spacial score (nSPS) is 14.3. The van der Waals surface area contributed by atoms with Gasteiger partial charge in [0.05, 0.1) is 4.90 Å². The maximum Gasteiger partial charge on any atom is 0.240 e. The summed E-state index contributed by atoms with van der Waals surface area (Å²) in [4.78, 5) is 16.7. The van der Waals surface area contributed by atoms with Gasteiger partial charge >= 0.3 is 0 Å². The van der Waals surface area contributed by atoms with E-state index in [4.69, 9.17) is 4.42 Å². The van der Waals surface area contributed by atoms with E-state index in [0.717, 1.165) is 23.9 Å². The van der Waals surface area contributed by atoms with E-state index in [9.17, 15) is 13.2 Å². The van der Waals surface area contributed by atoms with Gasteiger partial charge in [-0.2, -0.15) is 0 Å². The van der Waals surface area contributed by atoms with Gasteiger partial charge < -0.3 is 9.73 Å². The van der Waals surface area contributed by atoms with E-state index in [1.54, 1.807) is 49.4 Å². The topological polar surface area (TPSA) is 101 Å². The molecule has 2 aromatic carbocycles. The minimum atomic E-state index is -3.45. The Labute approximate surface area is 163 Å². The number of carbonyl (C=O) groups is 1. The fourth-order valence-electron chi connectivity index (χ4n) is 2.92. The van der Waals surface area contributed by atoms with Crippen LogP contribution in [-0.4, -0.2) is 25.4 Å². The number of hydrogen-bond acceptors (Lipinski definition) is 5. The molecule has 7 nitrogen and oxygen atoms in total. The Hall–Kier alpha value is -2.71. The second kappa shape index (κ2) is 7.37. The Kier molecular flexibility index (Phi) is 4.91. The lowest BCUT2D eigenvalue weighted by atomic mass is 10.1. The van der Waals surface area contributed by atoms with Crippen molar-refractivity contribution >= 4 is 32.7 Å². The summed E-state index contributed by atoms with van der Waals surface area (Å²) in [6.45, 7) is 1.77. The maximum atomic E-state index is 12.2. The summed E-state index contributed by atoms with van der Waals surface area (Å²) in [6.07, 6.45) is 2.61. The van der Waals surface area contributed by atoms with Crippen LogP contribution in [0, 0.1) is 6.92 Å². The second-order valence-electron chi connectivity index (χ2n) is 7.00. The minimum absolute atomic E-state index is 0.0773. The van der Waals surface area contributed by atoms with Gasteiger partial charge in [0.15, 0.2) is 11.5 Å². The van der Waals surface area contributed by atoms with Crippen molar-refractivity contribution in [2.75, 3.05) is 5.32 Å². The first-order valence-corrected chi connectivity index (χ1v) is 10.7. The molecule has 0 unspecified atom stereocenters. The van der Waals surface area contributed by atoms with Gasteiger partial charge in [-0.1, -0.05) is 12.1 Å². The Morgan fingerprint density at radius 2 is 1.93 bits per heavy atom. The molecule has 28 heavy (non-hydrogen) atoms. The van der Waals surface area contributed by atoms with Crippen LogP contribution in [0.2, 0.25) is 0 Å². The largest absolute Gasteiger partial charge is 0.441 e. The third-order valence-electron chi connectivity index (χ3n) is 4.55. The number of anilines is 1. The lowest BCUT2D eigenvalue weighted by Gasteiger charge is -2.07. The van der Waals surface area contributed by atoms with Gasteiger partial charge in [-0.25, -0.2) is 18.1 Å². The second-order valence-corrected chi connectivity index (χ2v) is 8.72. The minimum Gasteiger partial charge on any atom is -0.441 e. The third-order valence-corrected chi connectivity index (χ3v) is 6.09. The average molecular weight is 399 g/mol. The SMILES string of the molecule is Cc1nc2ccc(NC(=O)CCc3ccc(S(=O)(=O)NC4CC4)cc3)cc2o1. The fraction of sp³-hybridized carbons (Fsp3) is 0.300. The number of hydrogen-bond donors (Lipinski definition) is 2. The van der Waals surface area contributed by atoms with E-state index >= 15 is 0 Å². The van der Waals surface area contributed by atoms with E-state index in [2.05, 4.69) is 15.0 Å². The highest BCUT2D eigenvalue weighted by Gasteiger charge is 2.27. The summed E-state index contributed by atoms with van der Waals surface area (Å²) in [6, 6.07) is 12.1. The molecular formula is C20H21N3O4S. The molecule has 0 bridgehead atoms. The lowest BCUT2D eigenvalue weighted by molar-refractivity contribution is -0.116. The Morgan fingerprint density at radius 1 is 1.18 bits per heavy atom. The Balaban J connectivity index is 1.33. The van der Waals surface area contributed by atoms with Gasteiger partial charge in [-0.3, -0.25) is 4.79 Å². The van der Waals surface area contributed by atoms with Gasteiger partial charge in [-0.15, -0.1) is 0 Å². The number of nitrogens with one attached hydrogen (secondary N) is 2. The van der Waals surface area contributed by atoms with Crippen LogP contribution in [0.1, 0.15) is 30.7 Å². The third kappa shape index (κ3) is 4.40. The van der Waals surface area contributed by atoms with Crippen LogP contribution in [0.4, 0.5) is 5.69 Å². The van der Waals surface area contributed by atoms with Gasteiger partial charge in [0.25, 0.3) is 0 Å². The van der Waals surface area contributed by atoms with Crippen molar-refractivity contribution < 1.29 is 17.6 Å². The van der Waals surface area contributed by atoms with E-state index in [-0.39, 0.29) is 16.8 Å². The molecule has 1 saturated carbocycles. The van der Waals surface area contributed by atoms with Gasteiger partial charge in [0.1, 0.15) is 5.52 Å². The maximum absolute atomic E-state index is 12.2. The van der Waals surface area contributed by atoms with Crippen molar-refractivity contribution in [1.82, 2.24) is 9.71 Å². The number of sulfonamides is 1. The van der Waals surface area contributed by atoms with Crippen LogP contribution >= 0.6 is 0 Å². The molecule has 0 radical (unpaired) electrons. The lowest BCUT2D eigenvalue weighted by Crippen LogP contribution is -2.25. The highest BCUT2D eigenvalue weighted by molar-refractivity contribution is 7.89. The zero-order valence-electron chi connectivity index (χ0n) is 15.4. The number of aryl methyl sites for hydroxylation is 2. The number of fused-ring (bicyclic) bond motifs is 1. The summed E-state index contributed by atoms with van der Waals surface area (Å²) in [5.74, 6) is 0.457. The van der Waals surface area contributed by atoms with Crippen LogP contribution in [0.25, 0.3) is 11.1 Å². The standard InChI is InChI=1S/C20H21N3O4S/c1-13-21-18-10-7-16(12-19(18)27-13)22-20(24)11-4-14-2-8-17(9-3-14)28(25,26)23-15-5-6-15/h2-3,7-10,12,15,23H,4-6,11H2,1H3,(H,22,24). The molecular weight excluding hydrogens is 378 g/mol. The highest BCUT2D eigenvalue weighted by atomic mass is 32.2. The molecule has 0 saturated heterocycles. The van der Waals surface area contributed by atoms with Crippen molar-refractivity contribution in [3.05, 3.63) is 53.9 Å². The van der Waals surface area contributed by atoms with Crippen molar-refractivity contribution in [2.45, 2.75) is 43.5 Å². The first kappa shape index (κ1) is 18.6. The molecule has 0 atom stereocenters. The molecule has 1 aromatic heterocycles. The van der Waals surface area contributed by atoms with Crippen molar-refractivity contribution in [1.29, 1.82) is 0 Å². The van der Waals surface area contributed by atoms with Gasteiger partial charge in [-0.05, 0) is 49.1 Å². The van der Waals surface area contributed by atoms with E-state index in [1.807, 2.05) is 0 Å². The van der Waals surface area contributed by atoms with E-state index < -0.39 is 10.0 Å². The van der Waals surface area contributed by atoms with Crippen molar-refractivity contribution in [3.8, 4) is 0 Å². The quantitative estimate of drug-likeness (QED) is 0.636. The smallest absolute Gasteiger partial charge is 0.240 e. The number of oxazole rings is 1. The molecule has 1 aliphatic rings. The van der Waals surface area contributed by atoms with Crippen molar-refractivity contribution in [3.63, 3.8) is 0 Å². The summed E-state index contributed by atoms with van der Waals surface area (Å²) in [7, 11) is -3.45. The number of rotatable bonds is 7. The molecule has 0 spiro atoms. The highest BCUT2D eigenvalue weighted by Crippen LogP contribution is 2.23. The number of benzene rings is 2. The van der Waals surface area contributed by atoms with Crippen LogP contribution < -0.4 is 10.0 Å². The zero-order valence-corrected chi connectivity index (χ0v) is 16.3. The van der Waals surface area contributed by atoms with Crippen LogP contribution in [0.15, 0.2) is 51.8 Å². The van der Waals surface area contributed by atoms with E-state index in [1.165, 1.54) is 0 Å². The summed E-state index contributed by atoms with van der Waals surface area (Å²) >= 11 is 0. The van der Waals surface area contributed by atoms with Crippen LogP contribution in [0.5, 0.6) is 0 Å². The molecule has 1 aliphatic carbocycles. The Morgan fingerprint density at radius 3 is 2.64 bits per heavy atom. The van der Waals surface area contributed by atoms with E-state index in [0.29, 0.717) is 30.0 Å². The van der Waals surface area contributed by atoms with Gasteiger partial charge in [0, 0.05) is 31.1 Å². The van der Waals surface area contributed by atoms with Crippen LogP contribution in [-0.2, 0) is 21.2 Å². The molecule has 8 heteroatoms. The molecule has 1 amide bonds. The fourth-order valence-corrected chi connectivity index (χ4v) is 4.23. The number of nitrogens with zero attached hydrogens (tertiary/aromatic N) is 1. The first-order chi connectivity index (χ1) is 13.4. The monoisotopic (exact) mass is 399 g/mol. The van der Waals surface area contributed by atoms with Crippen molar-refractivity contribution in [2.24, 2.45) is 0 Å². The number of aromatic nitrogens is 1. The summed E-state index contributed by atoms with van der Waals surface area (Å²) in [5, 5.41) is 2.85. The predicted octanol–water partition coefficient (Wildman–Crippen LogP) is 3.15. The molecule has 1 fully saturated rings. The first-order valence-electron chi connectivity index (χ1n) is 9.17.